The number of hydrogen-bond donors (Lipinski definition) is 2. The van der Waals surface area contributed by atoms with Crippen molar-refractivity contribution in [3.8, 4) is 0 Å². The van der Waals surface area contributed by atoms with Crippen molar-refractivity contribution in [1.29, 1.82) is 0 Å². The minimum atomic E-state index is -1.15. The Hall–Kier alpha value is -2.67. The van der Waals surface area contributed by atoms with Crippen molar-refractivity contribution in [3.05, 3.63) is 64.6 Å². The van der Waals surface area contributed by atoms with Gasteiger partial charge in [0, 0.05) is 10.2 Å². The first kappa shape index (κ1) is 20.1. The molecule has 7 heteroatoms. The molecule has 6 nitrogen and oxygen atoms in total. The minimum absolute atomic E-state index is 0.167. The number of carbonyl (C=O) groups is 3. The van der Waals surface area contributed by atoms with Crippen molar-refractivity contribution >= 4 is 39.5 Å². The molecule has 28 heavy (non-hydrogen) atoms. The first-order chi connectivity index (χ1) is 13.3. The molecule has 0 saturated carbocycles. The molecule has 2 aromatic rings. The normalized spacial score (nSPS) is 19.1. The molecule has 146 valence electrons. The van der Waals surface area contributed by atoms with Crippen LogP contribution in [-0.4, -0.2) is 29.3 Å². The van der Waals surface area contributed by atoms with E-state index in [1.54, 1.807) is 18.2 Å². The first-order valence-electron chi connectivity index (χ1n) is 9.07. The summed E-state index contributed by atoms with van der Waals surface area (Å²) in [5.41, 5.74) is 0.155. The fourth-order valence-corrected chi connectivity index (χ4v) is 3.87. The molecule has 1 unspecified atom stereocenters. The Balaban J connectivity index is 1.82. The van der Waals surface area contributed by atoms with E-state index < -0.39 is 23.4 Å². The van der Waals surface area contributed by atoms with Gasteiger partial charge in [-0.1, -0.05) is 66.2 Å². The zero-order valence-electron chi connectivity index (χ0n) is 15.7. The van der Waals surface area contributed by atoms with Crippen molar-refractivity contribution < 1.29 is 14.4 Å². The summed E-state index contributed by atoms with van der Waals surface area (Å²) in [6.07, 6.45) is 0.450. The van der Waals surface area contributed by atoms with Crippen molar-refractivity contribution in [3.63, 3.8) is 0 Å². The molecule has 3 rings (SSSR count). The summed E-state index contributed by atoms with van der Waals surface area (Å²) in [4.78, 5) is 39.3. The summed E-state index contributed by atoms with van der Waals surface area (Å²) >= 11 is 3.34. The predicted octanol–water partition coefficient (Wildman–Crippen LogP) is 3.88. The number of hydrogen-bond acceptors (Lipinski definition) is 3. The molecule has 1 heterocycles. The van der Waals surface area contributed by atoms with Crippen LogP contribution in [0.4, 0.5) is 10.5 Å². The summed E-state index contributed by atoms with van der Waals surface area (Å²) in [6, 6.07) is 15.7. The van der Waals surface area contributed by atoms with Gasteiger partial charge in [-0.2, -0.15) is 0 Å². The highest BCUT2D eigenvalue weighted by molar-refractivity contribution is 9.10. The Morgan fingerprint density at radius 1 is 1.14 bits per heavy atom. The van der Waals surface area contributed by atoms with Gasteiger partial charge in [0.1, 0.15) is 12.1 Å². The van der Waals surface area contributed by atoms with Gasteiger partial charge in [-0.15, -0.1) is 0 Å². The van der Waals surface area contributed by atoms with Crippen LogP contribution in [0.5, 0.6) is 0 Å². The Bertz CT molecular complexity index is 901. The molecule has 1 aliphatic heterocycles. The molecule has 1 aliphatic rings. The third-order valence-corrected chi connectivity index (χ3v) is 5.06. The van der Waals surface area contributed by atoms with Gasteiger partial charge in [-0.05, 0) is 36.1 Å². The van der Waals surface area contributed by atoms with Gasteiger partial charge in [-0.3, -0.25) is 14.5 Å². The monoisotopic (exact) mass is 443 g/mol. The van der Waals surface area contributed by atoms with E-state index in [4.69, 9.17) is 0 Å². The topological polar surface area (TPSA) is 78.5 Å². The number of benzene rings is 2. The number of amides is 4. The molecule has 4 amide bonds. The van der Waals surface area contributed by atoms with E-state index >= 15 is 0 Å². The Morgan fingerprint density at radius 2 is 1.86 bits per heavy atom. The van der Waals surface area contributed by atoms with E-state index in [0.29, 0.717) is 12.1 Å². The number of nitrogens with one attached hydrogen (secondary N) is 2. The Kier molecular flexibility index (Phi) is 5.84. The van der Waals surface area contributed by atoms with Gasteiger partial charge in [0.05, 0.1) is 0 Å². The average molecular weight is 444 g/mol. The second-order valence-corrected chi connectivity index (χ2v) is 8.16. The fourth-order valence-electron chi connectivity index (χ4n) is 3.47. The van der Waals surface area contributed by atoms with Crippen molar-refractivity contribution in [2.75, 3.05) is 11.9 Å². The van der Waals surface area contributed by atoms with Crippen LogP contribution >= 0.6 is 15.9 Å². The zero-order valence-corrected chi connectivity index (χ0v) is 17.3. The predicted molar refractivity (Wildman–Crippen MR) is 111 cm³/mol. The highest BCUT2D eigenvalue weighted by Gasteiger charge is 2.52. The van der Waals surface area contributed by atoms with E-state index in [9.17, 15) is 14.4 Å². The second kappa shape index (κ2) is 8.14. The van der Waals surface area contributed by atoms with Crippen LogP contribution in [0, 0.1) is 5.92 Å². The number of rotatable bonds is 6. The van der Waals surface area contributed by atoms with Crippen molar-refractivity contribution in [2.24, 2.45) is 5.92 Å². The van der Waals surface area contributed by atoms with Gasteiger partial charge < -0.3 is 10.6 Å². The maximum Gasteiger partial charge on any atom is 0.325 e. The molecule has 1 atom stereocenters. The van der Waals surface area contributed by atoms with Crippen LogP contribution in [-0.2, 0) is 15.1 Å². The molecule has 0 radical (unpaired) electrons. The maximum absolute atomic E-state index is 13.3. The SMILES string of the molecule is CC(C)CC1(c2ccccc2)NC(=O)N(CC(=O)Nc2cccc(Br)c2)C1=O. The lowest BCUT2D eigenvalue weighted by atomic mass is 9.82. The molecular weight excluding hydrogens is 422 g/mol. The molecule has 2 N–H and O–H groups in total. The fraction of sp³-hybridized carbons (Fsp3) is 0.286. The summed E-state index contributed by atoms with van der Waals surface area (Å²) in [7, 11) is 0. The van der Waals surface area contributed by atoms with Crippen molar-refractivity contribution in [1.82, 2.24) is 10.2 Å². The lowest BCUT2D eigenvalue weighted by Gasteiger charge is -2.29. The standard InChI is InChI=1S/C21H22BrN3O3/c1-14(2)12-21(15-7-4-3-5-8-15)19(27)25(20(28)24-21)13-18(26)23-17-10-6-9-16(22)11-17/h3-11,14H,12-13H2,1-2H3,(H,23,26)(H,24,28). The van der Waals surface area contributed by atoms with Gasteiger partial charge in [0.2, 0.25) is 5.91 Å². The van der Waals surface area contributed by atoms with E-state index in [-0.39, 0.29) is 12.5 Å². The van der Waals surface area contributed by atoms with Crippen LogP contribution in [0.25, 0.3) is 0 Å². The van der Waals surface area contributed by atoms with Crippen LogP contribution in [0.1, 0.15) is 25.8 Å². The zero-order chi connectivity index (χ0) is 20.3. The van der Waals surface area contributed by atoms with E-state index in [1.165, 1.54) is 0 Å². The van der Waals surface area contributed by atoms with E-state index in [2.05, 4.69) is 26.6 Å². The van der Waals surface area contributed by atoms with E-state index in [0.717, 1.165) is 14.9 Å². The minimum Gasteiger partial charge on any atom is -0.324 e. The second-order valence-electron chi connectivity index (χ2n) is 7.25. The number of urea groups is 1. The summed E-state index contributed by atoms with van der Waals surface area (Å²) in [6.45, 7) is 3.64. The maximum atomic E-state index is 13.3. The Morgan fingerprint density at radius 3 is 2.50 bits per heavy atom. The lowest BCUT2D eigenvalue weighted by molar-refractivity contribution is -0.134. The summed E-state index contributed by atoms with van der Waals surface area (Å²) < 4.78 is 0.820. The molecule has 2 aromatic carbocycles. The summed E-state index contributed by atoms with van der Waals surface area (Å²) in [5.74, 6) is -0.670. The average Bonchev–Trinajstić information content (AvgIpc) is 2.87. The highest BCUT2D eigenvalue weighted by atomic mass is 79.9. The number of imide groups is 1. The molecule has 1 saturated heterocycles. The Labute approximate surface area is 172 Å². The van der Waals surface area contributed by atoms with Crippen LogP contribution < -0.4 is 10.6 Å². The van der Waals surface area contributed by atoms with Crippen LogP contribution in [0.2, 0.25) is 0 Å². The summed E-state index contributed by atoms with van der Waals surface area (Å²) in [5, 5.41) is 5.56. The molecule has 0 aromatic heterocycles. The quantitative estimate of drug-likeness (QED) is 0.664. The first-order valence-corrected chi connectivity index (χ1v) is 9.86. The largest absolute Gasteiger partial charge is 0.325 e. The smallest absolute Gasteiger partial charge is 0.324 e. The number of anilines is 1. The van der Waals surface area contributed by atoms with Gasteiger partial charge >= 0.3 is 6.03 Å². The number of nitrogens with zero attached hydrogens (tertiary/aromatic N) is 1. The molecule has 0 bridgehead atoms. The van der Waals surface area contributed by atoms with Crippen LogP contribution in [0.3, 0.4) is 0 Å². The third kappa shape index (κ3) is 4.09. The highest BCUT2D eigenvalue weighted by Crippen LogP contribution is 2.35. The van der Waals surface area contributed by atoms with Crippen molar-refractivity contribution in [2.45, 2.75) is 25.8 Å². The third-order valence-electron chi connectivity index (χ3n) is 4.57. The van der Waals surface area contributed by atoms with Crippen LogP contribution in [0.15, 0.2) is 59.1 Å². The number of carbonyl (C=O) groups excluding carboxylic acids is 3. The van der Waals surface area contributed by atoms with Gasteiger partial charge in [0.15, 0.2) is 0 Å². The molecule has 0 aliphatic carbocycles. The number of halogens is 1. The molecule has 1 fully saturated rings. The molecule has 0 spiro atoms. The van der Waals surface area contributed by atoms with E-state index in [1.807, 2.05) is 50.2 Å². The van der Waals surface area contributed by atoms with Gasteiger partial charge in [-0.25, -0.2) is 4.79 Å². The molecular formula is C21H22BrN3O3. The lowest BCUT2D eigenvalue weighted by Crippen LogP contribution is -2.45. The van der Waals surface area contributed by atoms with Gasteiger partial charge in [0.25, 0.3) is 5.91 Å².